The van der Waals surface area contributed by atoms with Crippen LogP contribution in [0.4, 0.5) is 19.0 Å². The van der Waals surface area contributed by atoms with Gasteiger partial charge in [0.25, 0.3) is 0 Å². The number of para-hydroxylation sites is 1. The van der Waals surface area contributed by atoms with Crippen LogP contribution in [0.2, 0.25) is 5.02 Å². The van der Waals surface area contributed by atoms with Gasteiger partial charge < -0.3 is 15.0 Å². The Morgan fingerprint density at radius 1 is 1.30 bits per heavy atom. The standard InChI is InChI=1S/C21H23ClF3N3O2/c1-30-18-5-3-2-4-14(18)6-9-26-20(29)15-7-10-28(11-8-15)19-17(22)12-16(13-27-19)21(23,24)25/h2-5,12-13,15H,6-11H2,1H3,(H,26,29). The maximum absolute atomic E-state index is 12.8. The van der Waals surface area contributed by atoms with Gasteiger partial charge in [-0.1, -0.05) is 29.8 Å². The van der Waals surface area contributed by atoms with E-state index in [-0.39, 0.29) is 16.8 Å². The molecule has 0 bridgehead atoms. The Morgan fingerprint density at radius 2 is 2.00 bits per heavy atom. The Kier molecular flexibility index (Phi) is 7.07. The number of amides is 1. The second-order valence-corrected chi connectivity index (χ2v) is 7.55. The van der Waals surface area contributed by atoms with Gasteiger partial charge in [0.2, 0.25) is 5.91 Å². The molecule has 0 saturated carbocycles. The zero-order valence-corrected chi connectivity index (χ0v) is 17.3. The van der Waals surface area contributed by atoms with Crippen LogP contribution >= 0.6 is 11.6 Å². The van der Waals surface area contributed by atoms with Crippen molar-refractivity contribution in [2.45, 2.75) is 25.4 Å². The number of aromatic nitrogens is 1. The molecule has 1 aromatic carbocycles. The van der Waals surface area contributed by atoms with Crippen LogP contribution in [0.3, 0.4) is 0 Å². The van der Waals surface area contributed by atoms with Gasteiger partial charge in [-0.15, -0.1) is 0 Å². The zero-order valence-electron chi connectivity index (χ0n) is 16.5. The lowest BCUT2D eigenvalue weighted by atomic mass is 9.95. The van der Waals surface area contributed by atoms with Crippen molar-refractivity contribution in [1.82, 2.24) is 10.3 Å². The number of rotatable bonds is 6. The molecule has 2 heterocycles. The van der Waals surface area contributed by atoms with Crippen molar-refractivity contribution in [2.24, 2.45) is 5.92 Å². The number of carbonyl (C=O) groups is 1. The molecule has 1 aromatic heterocycles. The molecule has 1 aliphatic rings. The Bertz CT molecular complexity index is 884. The number of benzene rings is 1. The number of hydrogen-bond donors (Lipinski definition) is 1. The van der Waals surface area contributed by atoms with Gasteiger partial charge in [-0.2, -0.15) is 13.2 Å². The van der Waals surface area contributed by atoms with Crippen molar-refractivity contribution >= 4 is 23.3 Å². The highest BCUT2D eigenvalue weighted by molar-refractivity contribution is 6.33. The first-order chi connectivity index (χ1) is 14.3. The van der Waals surface area contributed by atoms with E-state index < -0.39 is 11.7 Å². The van der Waals surface area contributed by atoms with E-state index in [1.54, 1.807) is 7.11 Å². The molecule has 1 N–H and O–H groups in total. The van der Waals surface area contributed by atoms with Crippen LogP contribution in [0.1, 0.15) is 24.0 Å². The number of alkyl halides is 3. The molecule has 30 heavy (non-hydrogen) atoms. The molecule has 0 atom stereocenters. The van der Waals surface area contributed by atoms with E-state index in [1.807, 2.05) is 29.2 Å². The van der Waals surface area contributed by atoms with E-state index in [9.17, 15) is 18.0 Å². The summed E-state index contributed by atoms with van der Waals surface area (Å²) < 4.78 is 43.6. The fraction of sp³-hybridized carbons (Fsp3) is 0.429. The Hall–Kier alpha value is -2.48. The third-order valence-electron chi connectivity index (χ3n) is 5.20. The number of hydrogen-bond acceptors (Lipinski definition) is 4. The molecular formula is C21H23ClF3N3O2. The van der Waals surface area contributed by atoms with E-state index >= 15 is 0 Å². The molecule has 2 aromatic rings. The smallest absolute Gasteiger partial charge is 0.417 e. The Morgan fingerprint density at radius 3 is 2.63 bits per heavy atom. The Balaban J connectivity index is 1.50. The van der Waals surface area contributed by atoms with Gasteiger partial charge in [0.15, 0.2) is 0 Å². The maximum atomic E-state index is 12.8. The highest BCUT2D eigenvalue weighted by Crippen LogP contribution is 2.34. The SMILES string of the molecule is COc1ccccc1CCNC(=O)C1CCN(c2ncc(C(F)(F)F)cc2Cl)CC1. The molecule has 1 saturated heterocycles. The van der Waals surface area contributed by atoms with E-state index in [1.165, 1.54) is 0 Å². The van der Waals surface area contributed by atoms with Gasteiger partial charge in [-0.25, -0.2) is 4.98 Å². The van der Waals surface area contributed by atoms with E-state index in [0.29, 0.717) is 44.7 Å². The number of anilines is 1. The van der Waals surface area contributed by atoms with Crippen LogP contribution in [0.5, 0.6) is 5.75 Å². The molecule has 0 spiro atoms. The van der Waals surface area contributed by atoms with Crippen molar-refractivity contribution < 1.29 is 22.7 Å². The monoisotopic (exact) mass is 441 g/mol. The third kappa shape index (κ3) is 5.36. The van der Waals surface area contributed by atoms with Gasteiger partial charge in [0.1, 0.15) is 11.6 Å². The summed E-state index contributed by atoms with van der Waals surface area (Å²) in [5.41, 5.74) is 0.152. The fourth-order valence-electron chi connectivity index (χ4n) is 3.55. The molecule has 0 radical (unpaired) electrons. The summed E-state index contributed by atoms with van der Waals surface area (Å²) in [5, 5.41) is 2.93. The lowest BCUT2D eigenvalue weighted by molar-refractivity contribution is -0.137. The van der Waals surface area contributed by atoms with Crippen LogP contribution in [0.15, 0.2) is 36.5 Å². The van der Waals surface area contributed by atoms with Crippen LogP contribution in [-0.2, 0) is 17.4 Å². The molecule has 1 amide bonds. The molecule has 162 valence electrons. The minimum Gasteiger partial charge on any atom is -0.496 e. The van der Waals surface area contributed by atoms with Crippen molar-refractivity contribution in [2.75, 3.05) is 31.6 Å². The van der Waals surface area contributed by atoms with E-state index in [0.717, 1.165) is 23.6 Å². The first kappa shape index (κ1) is 22.2. The molecule has 3 rings (SSSR count). The summed E-state index contributed by atoms with van der Waals surface area (Å²) >= 11 is 6.03. The van der Waals surface area contributed by atoms with Gasteiger partial charge in [-0.05, 0) is 37.0 Å². The van der Waals surface area contributed by atoms with Crippen molar-refractivity contribution in [1.29, 1.82) is 0 Å². The molecule has 0 unspecified atom stereocenters. The third-order valence-corrected chi connectivity index (χ3v) is 5.48. The molecule has 0 aliphatic carbocycles. The van der Waals surface area contributed by atoms with Crippen molar-refractivity contribution in [3.05, 3.63) is 52.7 Å². The minimum absolute atomic E-state index is 0.0176. The number of nitrogens with zero attached hydrogens (tertiary/aromatic N) is 2. The lowest BCUT2D eigenvalue weighted by Crippen LogP contribution is -2.41. The van der Waals surface area contributed by atoms with Crippen LogP contribution in [-0.4, -0.2) is 37.6 Å². The lowest BCUT2D eigenvalue weighted by Gasteiger charge is -2.32. The molecular weight excluding hydrogens is 419 g/mol. The average molecular weight is 442 g/mol. The highest BCUT2D eigenvalue weighted by atomic mass is 35.5. The fourth-order valence-corrected chi connectivity index (χ4v) is 3.83. The molecule has 1 fully saturated rings. The first-order valence-electron chi connectivity index (χ1n) is 9.67. The summed E-state index contributed by atoms with van der Waals surface area (Å²) in [5.74, 6) is 0.948. The van der Waals surface area contributed by atoms with Gasteiger partial charge >= 0.3 is 6.18 Å². The summed E-state index contributed by atoms with van der Waals surface area (Å²) in [4.78, 5) is 18.2. The number of ether oxygens (including phenoxy) is 1. The number of methoxy groups -OCH3 is 1. The van der Waals surface area contributed by atoms with Crippen molar-refractivity contribution in [3.8, 4) is 5.75 Å². The van der Waals surface area contributed by atoms with Crippen LogP contribution in [0.25, 0.3) is 0 Å². The normalized spacial score (nSPS) is 15.2. The number of nitrogens with one attached hydrogen (secondary N) is 1. The van der Waals surface area contributed by atoms with Crippen LogP contribution < -0.4 is 15.0 Å². The molecule has 5 nitrogen and oxygen atoms in total. The summed E-state index contributed by atoms with van der Waals surface area (Å²) in [6, 6.07) is 8.56. The minimum atomic E-state index is -4.48. The van der Waals surface area contributed by atoms with E-state index in [2.05, 4.69) is 10.3 Å². The van der Waals surface area contributed by atoms with E-state index in [4.69, 9.17) is 16.3 Å². The Labute approximate surface area is 178 Å². The average Bonchev–Trinajstić information content (AvgIpc) is 2.73. The quantitative estimate of drug-likeness (QED) is 0.724. The predicted molar refractivity (Wildman–Crippen MR) is 109 cm³/mol. The topological polar surface area (TPSA) is 54.5 Å². The maximum Gasteiger partial charge on any atom is 0.417 e. The zero-order chi connectivity index (χ0) is 21.7. The predicted octanol–water partition coefficient (Wildman–Crippen LogP) is 4.34. The van der Waals surface area contributed by atoms with Gasteiger partial charge in [0, 0.05) is 31.7 Å². The largest absolute Gasteiger partial charge is 0.496 e. The molecule has 9 heteroatoms. The number of halogens is 4. The number of pyridine rings is 1. The molecule has 1 aliphatic heterocycles. The second-order valence-electron chi connectivity index (χ2n) is 7.14. The van der Waals surface area contributed by atoms with Gasteiger partial charge in [-0.3, -0.25) is 4.79 Å². The number of carbonyl (C=O) groups excluding carboxylic acids is 1. The van der Waals surface area contributed by atoms with Crippen molar-refractivity contribution in [3.63, 3.8) is 0 Å². The van der Waals surface area contributed by atoms with Crippen LogP contribution in [0, 0.1) is 5.92 Å². The second kappa shape index (κ2) is 9.55. The summed E-state index contributed by atoms with van der Waals surface area (Å²) in [6.45, 7) is 1.51. The highest BCUT2D eigenvalue weighted by Gasteiger charge is 2.33. The first-order valence-corrected chi connectivity index (χ1v) is 10.0. The number of piperidine rings is 1. The summed E-state index contributed by atoms with van der Waals surface area (Å²) in [6.07, 6.45) is -1.86. The van der Waals surface area contributed by atoms with Gasteiger partial charge in [0.05, 0.1) is 17.7 Å². The summed E-state index contributed by atoms with van der Waals surface area (Å²) in [7, 11) is 1.61.